The van der Waals surface area contributed by atoms with Gasteiger partial charge in [-0.25, -0.2) is 4.68 Å². The van der Waals surface area contributed by atoms with Crippen molar-refractivity contribution in [2.45, 2.75) is 13.1 Å². The maximum Gasteiger partial charge on any atom is 0.269 e. The SMILES string of the molecule is CN(Cc1cc(-c2ccccn2)no1)C(=O)Cn1ncc(N(C)C)cc1=O. The van der Waals surface area contributed by atoms with Crippen molar-refractivity contribution in [1.29, 1.82) is 0 Å². The molecule has 3 heterocycles. The molecule has 0 aliphatic rings. The van der Waals surface area contributed by atoms with Crippen molar-refractivity contribution in [2.24, 2.45) is 0 Å². The first-order valence-electron chi connectivity index (χ1n) is 8.29. The molecular formula is C18H20N6O3. The Morgan fingerprint density at radius 3 is 2.67 bits per heavy atom. The summed E-state index contributed by atoms with van der Waals surface area (Å²) < 4.78 is 6.41. The highest BCUT2D eigenvalue weighted by molar-refractivity contribution is 5.75. The summed E-state index contributed by atoms with van der Waals surface area (Å²) in [7, 11) is 5.26. The number of aromatic nitrogens is 4. The Morgan fingerprint density at radius 2 is 2.00 bits per heavy atom. The number of hydrogen-bond donors (Lipinski definition) is 0. The molecule has 0 aliphatic heterocycles. The van der Waals surface area contributed by atoms with Crippen LogP contribution in [0, 0.1) is 0 Å². The molecule has 0 bridgehead atoms. The largest absolute Gasteiger partial charge is 0.376 e. The van der Waals surface area contributed by atoms with Crippen molar-refractivity contribution in [1.82, 2.24) is 24.8 Å². The molecule has 0 unspecified atom stereocenters. The average Bonchev–Trinajstić information content (AvgIpc) is 3.12. The molecule has 0 fully saturated rings. The van der Waals surface area contributed by atoms with E-state index in [0.29, 0.717) is 22.8 Å². The number of anilines is 1. The minimum absolute atomic E-state index is 0.149. The van der Waals surface area contributed by atoms with E-state index in [1.807, 2.05) is 32.3 Å². The molecule has 1 amide bonds. The monoisotopic (exact) mass is 368 g/mol. The highest BCUT2D eigenvalue weighted by Gasteiger charge is 2.15. The van der Waals surface area contributed by atoms with Crippen molar-refractivity contribution < 1.29 is 9.32 Å². The van der Waals surface area contributed by atoms with Gasteiger partial charge in [0.15, 0.2) is 5.76 Å². The van der Waals surface area contributed by atoms with Crippen LogP contribution in [0.4, 0.5) is 5.69 Å². The van der Waals surface area contributed by atoms with Gasteiger partial charge in [0.2, 0.25) is 5.91 Å². The Hall–Kier alpha value is -3.49. The maximum atomic E-state index is 12.4. The quantitative estimate of drug-likeness (QED) is 0.641. The summed E-state index contributed by atoms with van der Waals surface area (Å²) in [6, 6.07) is 8.68. The van der Waals surface area contributed by atoms with Crippen LogP contribution in [-0.4, -0.2) is 51.9 Å². The highest BCUT2D eigenvalue weighted by atomic mass is 16.5. The minimum atomic E-state index is -0.333. The van der Waals surface area contributed by atoms with E-state index in [2.05, 4.69) is 15.2 Å². The van der Waals surface area contributed by atoms with Gasteiger partial charge in [-0.05, 0) is 12.1 Å². The van der Waals surface area contributed by atoms with Gasteiger partial charge < -0.3 is 14.3 Å². The summed E-state index contributed by atoms with van der Waals surface area (Å²) in [4.78, 5) is 31.9. The number of pyridine rings is 1. The highest BCUT2D eigenvalue weighted by Crippen LogP contribution is 2.17. The van der Waals surface area contributed by atoms with E-state index in [0.717, 1.165) is 4.68 Å². The summed E-state index contributed by atoms with van der Waals surface area (Å²) in [5, 5.41) is 8.02. The molecule has 0 aliphatic carbocycles. The van der Waals surface area contributed by atoms with Crippen LogP contribution in [0.25, 0.3) is 11.4 Å². The number of likely N-dealkylation sites (N-methyl/N-ethyl adjacent to an activating group) is 1. The van der Waals surface area contributed by atoms with Gasteiger partial charge in [-0.1, -0.05) is 11.2 Å². The maximum absolute atomic E-state index is 12.4. The molecule has 0 atom stereocenters. The zero-order chi connectivity index (χ0) is 19.4. The second kappa shape index (κ2) is 7.81. The molecule has 0 radical (unpaired) electrons. The van der Waals surface area contributed by atoms with Crippen molar-refractivity contribution in [3.05, 3.63) is 58.8 Å². The summed E-state index contributed by atoms with van der Waals surface area (Å²) in [5.41, 5.74) is 1.64. The minimum Gasteiger partial charge on any atom is -0.376 e. The van der Waals surface area contributed by atoms with Gasteiger partial charge in [-0.3, -0.25) is 14.6 Å². The van der Waals surface area contributed by atoms with Crippen LogP contribution in [-0.2, 0) is 17.9 Å². The number of amides is 1. The van der Waals surface area contributed by atoms with Gasteiger partial charge in [0, 0.05) is 39.5 Å². The molecular weight excluding hydrogens is 348 g/mol. The molecule has 3 aromatic heterocycles. The van der Waals surface area contributed by atoms with Crippen LogP contribution >= 0.6 is 0 Å². The molecule has 0 saturated carbocycles. The second-order valence-electron chi connectivity index (χ2n) is 6.25. The normalized spacial score (nSPS) is 10.6. The third-order valence-corrected chi connectivity index (χ3v) is 3.96. The van der Waals surface area contributed by atoms with E-state index in [1.165, 1.54) is 11.0 Å². The molecule has 0 saturated heterocycles. The van der Waals surface area contributed by atoms with Gasteiger partial charge in [0.25, 0.3) is 5.56 Å². The van der Waals surface area contributed by atoms with Crippen LogP contribution in [0.2, 0.25) is 0 Å². The Morgan fingerprint density at radius 1 is 1.19 bits per heavy atom. The summed E-state index contributed by atoms with van der Waals surface area (Å²) in [6.07, 6.45) is 3.22. The number of rotatable bonds is 6. The summed E-state index contributed by atoms with van der Waals surface area (Å²) >= 11 is 0. The molecule has 0 spiro atoms. The van der Waals surface area contributed by atoms with E-state index in [-0.39, 0.29) is 24.6 Å². The summed E-state index contributed by atoms with van der Waals surface area (Å²) in [5.74, 6) is 0.257. The number of nitrogens with zero attached hydrogens (tertiary/aromatic N) is 6. The standard InChI is InChI=1S/C18H20N6O3/c1-22(2)13-8-17(25)24(20-10-13)12-18(26)23(3)11-14-9-16(21-27-14)15-6-4-5-7-19-15/h4-10H,11-12H2,1-3H3. The van der Waals surface area contributed by atoms with E-state index < -0.39 is 0 Å². The lowest BCUT2D eigenvalue weighted by molar-refractivity contribution is -0.131. The molecule has 3 aromatic rings. The lowest BCUT2D eigenvalue weighted by Crippen LogP contribution is -2.34. The molecule has 9 nitrogen and oxygen atoms in total. The van der Waals surface area contributed by atoms with Crippen LogP contribution in [0.1, 0.15) is 5.76 Å². The smallest absolute Gasteiger partial charge is 0.269 e. The zero-order valence-corrected chi connectivity index (χ0v) is 15.4. The third kappa shape index (κ3) is 4.38. The fourth-order valence-corrected chi connectivity index (χ4v) is 2.38. The lowest BCUT2D eigenvalue weighted by atomic mass is 10.2. The Labute approximate surface area is 155 Å². The second-order valence-corrected chi connectivity index (χ2v) is 6.25. The van der Waals surface area contributed by atoms with Gasteiger partial charge in [0.05, 0.1) is 24.1 Å². The molecule has 3 rings (SSSR count). The van der Waals surface area contributed by atoms with Crippen molar-refractivity contribution in [3.63, 3.8) is 0 Å². The molecule has 0 N–H and O–H groups in total. The lowest BCUT2D eigenvalue weighted by Gasteiger charge is -2.16. The van der Waals surface area contributed by atoms with E-state index in [4.69, 9.17) is 4.52 Å². The van der Waals surface area contributed by atoms with E-state index >= 15 is 0 Å². The van der Waals surface area contributed by atoms with Gasteiger partial charge >= 0.3 is 0 Å². The predicted molar refractivity (Wildman–Crippen MR) is 99.0 cm³/mol. The zero-order valence-electron chi connectivity index (χ0n) is 15.4. The Balaban J connectivity index is 1.65. The van der Waals surface area contributed by atoms with Crippen LogP contribution < -0.4 is 10.5 Å². The topological polar surface area (TPSA) is 97.4 Å². The molecule has 0 aromatic carbocycles. The fourth-order valence-electron chi connectivity index (χ4n) is 2.38. The molecule has 140 valence electrons. The first kappa shape index (κ1) is 18.3. The predicted octanol–water partition coefficient (Wildman–Crippen LogP) is 1.02. The summed E-state index contributed by atoms with van der Waals surface area (Å²) in [6.45, 7) is 0.0769. The third-order valence-electron chi connectivity index (χ3n) is 3.96. The van der Waals surface area contributed by atoms with Crippen molar-refractivity contribution in [3.8, 4) is 11.4 Å². The van der Waals surface area contributed by atoms with E-state index in [9.17, 15) is 9.59 Å². The van der Waals surface area contributed by atoms with Crippen LogP contribution in [0.5, 0.6) is 0 Å². The molecule has 9 heteroatoms. The van der Waals surface area contributed by atoms with Crippen LogP contribution in [0.3, 0.4) is 0 Å². The Bertz CT molecular complexity index is 980. The van der Waals surface area contributed by atoms with Gasteiger partial charge in [0.1, 0.15) is 12.2 Å². The molecule has 27 heavy (non-hydrogen) atoms. The first-order valence-corrected chi connectivity index (χ1v) is 8.29. The van der Waals surface area contributed by atoms with Crippen molar-refractivity contribution >= 4 is 11.6 Å². The van der Waals surface area contributed by atoms with E-state index in [1.54, 1.807) is 30.4 Å². The van der Waals surface area contributed by atoms with Gasteiger partial charge in [-0.2, -0.15) is 5.10 Å². The first-order chi connectivity index (χ1) is 12.9. The van der Waals surface area contributed by atoms with Crippen molar-refractivity contribution in [2.75, 3.05) is 26.0 Å². The fraction of sp³-hybridized carbons (Fsp3) is 0.278. The Kier molecular flexibility index (Phi) is 5.30. The van der Waals surface area contributed by atoms with Gasteiger partial charge in [-0.15, -0.1) is 0 Å². The number of carbonyl (C=O) groups excluding carboxylic acids is 1. The number of carbonyl (C=O) groups is 1. The van der Waals surface area contributed by atoms with Crippen LogP contribution in [0.15, 0.2) is 52.0 Å². The average molecular weight is 368 g/mol. The number of hydrogen-bond acceptors (Lipinski definition) is 7.